The summed E-state index contributed by atoms with van der Waals surface area (Å²) in [5.41, 5.74) is 1.37. The quantitative estimate of drug-likeness (QED) is 0.797. The fourth-order valence-corrected chi connectivity index (χ4v) is 3.56. The van der Waals surface area contributed by atoms with Crippen LogP contribution in [0.15, 0.2) is 24.3 Å². The molecule has 2 aliphatic heterocycles. The highest BCUT2D eigenvalue weighted by atomic mass is 79.9. The predicted octanol–water partition coefficient (Wildman–Crippen LogP) is 2.65. The summed E-state index contributed by atoms with van der Waals surface area (Å²) in [5, 5.41) is 0.984. The summed E-state index contributed by atoms with van der Waals surface area (Å²) in [6.07, 6.45) is 1.11. The zero-order chi connectivity index (χ0) is 13.1. The molecule has 0 aliphatic carbocycles. The molecule has 0 spiro atoms. The van der Waals surface area contributed by atoms with E-state index in [0.717, 1.165) is 50.4 Å². The van der Waals surface area contributed by atoms with Gasteiger partial charge in [-0.05, 0) is 18.1 Å². The Kier molecular flexibility index (Phi) is 4.41. The number of ether oxygens (including phenoxy) is 2. The number of nitrogens with zero attached hydrogens (tertiary/aromatic N) is 1. The van der Waals surface area contributed by atoms with E-state index in [1.165, 1.54) is 5.56 Å². The second kappa shape index (κ2) is 6.25. The number of fused-ring (bicyclic) bond motifs is 1. The number of morpholine rings is 1. The van der Waals surface area contributed by atoms with Crippen LogP contribution in [0.2, 0.25) is 0 Å². The lowest BCUT2D eigenvalue weighted by Crippen LogP contribution is -2.48. The van der Waals surface area contributed by atoms with Crippen LogP contribution in [0.1, 0.15) is 17.9 Å². The van der Waals surface area contributed by atoms with Gasteiger partial charge in [-0.3, -0.25) is 4.90 Å². The van der Waals surface area contributed by atoms with Crippen LogP contribution in [0.5, 0.6) is 5.75 Å². The Morgan fingerprint density at radius 1 is 1.26 bits per heavy atom. The van der Waals surface area contributed by atoms with Crippen molar-refractivity contribution in [3.05, 3.63) is 29.8 Å². The molecule has 1 aromatic carbocycles. The number of hydrogen-bond donors (Lipinski definition) is 0. The monoisotopic (exact) mass is 325 g/mol. The molecule has 0 saturated carbocycles. The molecule has 3 nitrogen and oxygen atoms in total. The molecular weight excluding hydrogens is 306 g/mol. The average Bonchev–Trinajstić information content (AvgIpc) is 2.48. The fraction of sp³-hybridized carbons (Fsp3) is 0.600. The number of alkyl halides is 1. The Balaban J connectivity index is 1.73. The van der Waals surface area contributed by atoms with Gasteiger partial charge in [-0.2, -0.15) is 0 Å². The molecule has 0 radical (unpaired) electrons. The summed E-state index contributed by atoms with van der Waals surface area (Å²) < 4.78 is 11.3. The topological polar surface area (TPSA) is 21.7 Å². The lowest BCUT2D eigenvalue weighted by atomic mass is 9.92. The van der Waals surface area contributed by atoms with Gasteiger partial charge in [-0.15, -0.1) is 0 Å². The van der Waals surface area contributed by atoms with Crippen molar-refractivity contribution in [2.24, 2.45) is 0 Å². The van der Waals surface area contributed by atoms with Gasteiger partial charge in [0.1, 0.15) is 5.75 Å². The summed E-state index contributed by atoms with van der Waals surface area (Å²) in [6, 6.07) is 8.97. The number of benzene rings is 1. The Morgan fingerprint density at radius 2 is 2.16 bits per heavy atom. The van der Waals surface area contributed by atoms with E-state index >= 15 is 0 Å². The fourth-order valence-electron chi connectivity index (χ4n) is 2.96. The first-order valence-electron chi connectivity index (χ1n) is 6.98. The Hall–Kier alpha value is -0.580. The lowest BCUT2D eigenvalue weighted by molar-refractivity contribution is -0.00243. The molecule has 2 heterocycles. The molecule has 0 amide bonds. The molecule has 0 aromatic heterocycles. The third-order valence-corrected chi connectivity index (χ3v) is 4.81. The molecule has 0 bridgehead atoms. The normalized spacial score (nSPS) is 27.6. The Morgan fingerprint density at radius 3 is 3.05 bits per heavy atom. The van der Waals surface area contributed by atoms with E-state index in [0.29, 0.717) is 12.0 Å². The molecule has 19 heavy (non-hydrogen) atoms. The van der Waals surface area contributed by atoms with Crippen LogP contribution in [-0.2, 0) is 4.74 Å². The first-order valence-corrected chi connectivity index (χ1v) is 8.10. The molecule has 1 aromatic rings. The highest BCUT2D eigenvalue weighted by Crippen LogP contribution is 2.34. The van der Waals surface area contributed by atoms with Crippen molar-refractivity contribution in [3.8, 4) is 5.75 Å². The minimum atomic E-state index is 0.503. The number of para-hydroxylation sites is 1. The van der Waals surface area contributed by atoms with E-state index in [9.17, 15) is 0 Å². The predicted molar refractivity (Wildman–Crippen MR) is 79.3 cm³/mol. The minimum absolute atomic E-state index is 0.503. The van der Waals surface area contributed by atoms with Crippen LogP contribution in [0, 0.1) is 0 Å². The van der Waals surface area contributed by atoms with Crippen LogP contribution in [-0.4, -0.2) is 49.2 Å². The Bertz CT molecular complexity index is 426. The van der Waals surface area contributed by atoms with E-state index in [2.05, 4.69) is 45.1 Å². The Labute approximate surface area is 123 Å². The maximum absolute atomic E-state index is 5.74. The van der Waals surface area contributed by atoms with Crippen molar-refractivity contribution in [2.75, 3.05) is 38.2 Å². The van der Waals surface area contributed by atoms with Crippen molar-refractivity contribution in [1.29, 1.82) is 0 Å². The first-order chi connectivity index (χ1) is 9.38. The second-order valence-corrected chi connectivity index (χ2v) is 5.90. The van der Waals surface area contributed by atoms with Crippen molar-refractivity contribution >= 4 is 15.9 Å². The number of hydrogen-bond acceptors (Lipinski definition) is 3. The summed E-state index contributed by atoms with van der Waals surface area (Å²) >= 11 is 3.60. The van der Waals surface area contributed by atoms with Gasteiger partial charge < -0.3 is 9.47 Å². The van der Waals surface area contributed by atoms with Crippen molar-refractivity contribution in [2.45, 2.75) is 18.4 Å². The van der Waals surface area contributed by atoms with E-state index < -0.39 is 0 Å². The molecule has 0 N–H and O–H groups in total. The molecule has 4 heteroatoms. The SMILES string of the molecule is BrCC1COCCN1CC1CCOc2ccccc21. The van der Waals surface area contributed by atoms with Crippen molar-refractivity contribution in [3.63, 3.8) is 0 Å². The second-order valence-electron chi connectivity index (χ2n) is 5.25. The van der Waals surface area contributed by atoms with E-state index in [-0.39, 0.29) is 0 Å². The third-order valence-electron chi connectivity index (χ3n) is 4.07. The van der Waals surface area contributed by atoms with Gasteiger partial charge >= 0.3 is 0 Å². The van der Waals surface area contributed by atoms with Crippen LogP contribution < -0.4 is 4.74 Å². The van der Waals surface area contributed by atoms with Crippen LogP contribution in [0.4, 0.5) is 0 Å². The molecule has 1 fully saturated rings. The van der Waals surface area contributed by atoms with Crippen molar-refractivity contribution < 1.29 is 9.47 Å². The molecule has 2 unspecified atom stereocenters. The van der Waals surface area contributed by atoms with Crippen LogP contribution in [0.3, 0.4) is 0 Å². The van der Waals surface area contributed by atoms with Crippen LogP contribution >= 0.6 is 15.9 Å². The van der Waals surface area contributed by atoms with Gasteiger partial charge in [0.15, 0.2) is 0 Å². The highest BCUT2D eigenvalue weighted by Gasteiger charge is 2.28. The van der Waals surface area contributed by atoms with Crippen molar-refractivity contribution in [1.82, 2.24) is 4.90 Å². The summed E-state index contributed by atoms with van der Waals surface area (Å²) in [7, 11) is 0. The first kappa shape index (κ1) is 13.4. The van der Waals surface area contributed by atoms with E-state index in [1.54, 1.807) is 0 Å². The number of rotatable bonds is 3. The van der Waals surface area contributed by atoms with Gasteiger partial charge in [-0.25, -0.2) is 0 Å². The molecule has 104 valence electrons. The average molecular weight is 326 g/mol. The molecule has 2 aliphatic rings. The standard InChI is InChI=1S/C15H20BrNO2/c16-9-13-11-18-8-6-17(13)10-12-5-7-19-15-4-2-1-3-14(12)15/h1-4,12-13H,5-11H2. The highest BCUT2D eigenvalue weighted by molar-refractivity contribution is 9.09. The van der Waals surface area contributed by atoms with Gasteiger partial charge in [0, 0.05) is 30.4 Å². The van der Waals surface area contributed by atoms with Gasteiger partial charge in [-0.1, -0.05) is 34.1 Å². The van der Waals surface area contributed by atoms with Gasteiger partial charge in [0.25, 0.3) is 0 Å². The molecule has 2 atom stereocenters. The minimum Gasteiger partial charge on any atom is -0.493 e. The maximum Gasteiger partial charge on any atom is 0.122 e. The molecule has 3 rings (SSSR count). The summed E-state index contributed by atoms with van der Waals surface area (Å²) in [4.78, 5) is 2.56. The zero-order valence-electron chi connectivity index (χ0n) is 11.1. The summed E-state index contributed by atoms with van der Waals surface area (Å²) in [5.74, 6) is 1.66. The van der Waals surface area contributed by atoms with Gasteiger partial charge in [0.2, 0.25) is 0 Å². The van der Waals surface area contributed by atoms with Gasteiger partial charge in [0.05, 0.1) is 19.8 Å². The zero-order valence-corrected chi connectivity index (χ0v) is 12.6. The van der Waals surface area contributed by atoms with Crippen LogP contribution in [0.25, 0.3) is 0 Å². The maximum atomic E-state index is 5.74. The number of halogens is 1. The van der Waals surface area contributed by atoms with E-state index in [1.807, 2.05) is 0 Å². The third kappa shape index (κ3) is 2.96. The van der Waals surface area contributed by atoms with E-state index in [4.69, 9.17) is 9.47 Å². The summed E-state index contributed by atoms with van der Waals surface area (Å²) in [6.45, 7) is 4.69. The largest absolute Gasteiger partial charge is 0.493 e. The smallest absolute Gasteiger partial charge is 0.122 e. The molecule has 1 saturated heterocycles. The lowest BCUT2D eigenvalue weighted by Gasteiger charge is -2.38. The molecular formula is C15H20BrNO2.